The van der Waals surface area contributed by atoms with Crippen LogP contribution >= 0.6 is 0 Å². The molecule has 1 aromatic heterocycles. The van der Waals surface area contributed by atoms with Gasteiger partial charge in [0.15, 0.2) is 0 Å². The lowest BCUT2D eigenvalue weighted by atomic mass is 10.2. The van der Waals surface area contributed by atoms with Gasteiger partial charge in [-0.05, 0) is 23.8 Å². The van der Waals surface area contributed by atoms with Gasteiger partial charge < -0.3 is 5.32 Å². The normalized spacial score (nSPS) is 10.8. The molecule has 5 heteroatoms. The second kappa shape index (κ2) is 5.95. The van der Waals surface area contributed by atoms with Crippen LogP contribution in [0.4, 0.5) is 4.39 Å². The van der Waals surface area contributed by atoms with Crippen molar-refractivity contribution in [2.45, 2.75) is 6.54 Å². The minimum absolute atomic E-state index is 0.201. The third-order valence-corrected chi connectivity index (χ3v) is 2.53. The van der Waals surface area contributed by atoms with E-state index in [4.69, 9.17) is 0 Å². The number of nitrogens with one attached hydrogen (secondary N) is 1. The third-order valence-electron chi connectivity index (χ3n) is 2.53. The topological polar surface area (TPSA) is 46.9 Å². The number of nitrogens with zero attached hydrogens (tertiary/aromatic N) is 2. The first-order valence-corrected chi connectivity index (χ1v) is 5.82. The van der Waals surface area contributed by atoms with Crippen LogP contribution in [0.2, 0.25) is 0 Å². The number of rotatable bonds is 4. The molecule has 1 heterocycles. The van der Waals surface area contributed by atoms with Gasteiger partial charge in [0.25, 0.3) is 0 Å². The predicted molar refractivity (Wildman–Crippen MR) is 70.5 cm³/mol. The van der Waals surface area contributed by atoms with Crippen LogP contribution in [-0.2, 0) is 18.4 Å². The Labute approximate surface area is 110 Å². The van der Waals surface area contributed by atoms with Crippen molar-refractivity contribution in [2.24, 2.45) is 7.05 Å². The van der Waals surface area contributed by atoms with E-state index in [1.54, 1.807) is 29.1 Å². The van der Waals surface area contributed by atoms with Gasteiger partial charge in [-0.1, -0.05) is 12.1 Å². The maximum atomic E-state index is 12.7. The maximum absolute atomic E-state index is 12.7. The van der Waals surface area contributed by atoms with Crippen molar-refractivity contribution in [1.29, 1.82) is 0 Å². The highest BCUT2D eigenvalue weighted by Crippen LogP contribution is 2.02. The van der Waals surface area contributed by atoms with Crippen LogP contribution in [0.1, 0.15) is 11.1 Å². The Balaban J connectivity index is 1.84. The lowest BCUT2D eigenvalue weighted by molar-refractivity contribution is -0.116. The summed E-state index contributed by atoms with van der Waals surface area (Å²) >= 11 is 0. The molecule has 0 saturated carbocycles. The van der Waals surface area contributed by atoms with Gasteiger partial charge in [0.2, 0.25) is 5.91 Å². The molecule has 0 aliphatic carbocycles. The summed E-state index contributed by atoms with van der Waals surface area (Å²) in [6, 6.07) is 6.01. The molecular weight excluding hydrogens is 245 g/mol. The van der Waals surface area contributed by atoms with Gasteiger partial charge in [-0.25, -0.2) is 4.39 Å². The molecule has 0 fully saturated rings. The van der Waals surface area contributed by atoms with Gasteiger partial charge in [-0.2, -0.15) is 5.10 Å². The summed E-state index contributed by atoms with van der Waals surface area (Å²) < 4.78 is 14.4. The smallest absolute Gasteiger partial charge is 0.244 e. The molecule has 19 heavy (non-hydrogen) atoms. The largest absolute Gasteiger partial charge is 0.348 e. The van der Waals surface area contributed by atoms with Crippen molar-refractivity contribution in [3.63, 3.8) is 0 Å². The Morgan fingerprint density at radius 2 is 2.16 bits per heavy atom. The molecule has 98 valence electrons. The van der Waals surface area contributed by atoms with E-state index in [9.17, 15) is 9.18 Å². The first-order chi connectivity index (χ1) is 9.13. The third kappa shape index (κ3) is 4.06. The highest BCUT2D eigenvalue weighted by atomic mass is 19.1. The number of amides is 1. The summed E-state index contributed by atoms with van der Waals surface area (Å²) in [5.41, 5.74) is 1.71. The van der Waals surface area contributed by atoms with Crippen molar-refractivity contribution < 1.29 is 9.18 Å². The van der Waals surface area contributed by atoms with Crippen molar-refractivity contribution in [2.75, 3.05) is 0 Å². The summed E-state index contributed by atoms with van der Waals surface area (Å²) in [4.78, 5) is 11.6. The van der Waals surface area contributed by atoms with E-state index in [0.29, 0.717) is 6.54 Å². The fourth-order valence-electron chi connectivity index (χ4n) is 1.55. The summed E-state index contributed by atoms with van der Waals surface area (Å²) in [6.07, 6.45) is 6.61. The zero-order chi connectivity index (χ0) is 13.7. The van der Waals surface area contributed by atoms with E-state index in [-0.39, 0.29) is 11.7 Å². The fraction of sp³-hybridized carbons (Fsp3) is 0.143. The van der Waals surface area contributed by atoms with Crippen LogP contribution in [0.3, 0.4) is 0 Å². The predicted octanol–water partition coefficient (Wildman–Crippen LogP) is 1.89. The molecule has 1 N–H and O–H groups in total. The Morgan fingerprint density at radius 1 is 1.42 bits per heavy atom. The lowest BCUT2D eigenvalue weighted by Gasteiger charge is -2.01. The minimum atomic E-state index is -0.286. The lowest BCUT2D eigenvalue weighted by Crippen LogP contribution is -2.20. The van der Waals surface area contributed by atoms with Gasteiger partial charge in [0.1, 0.15) is 5.82 Å². The Morgan fingerprint density at radius 3 is 2.79 bits per heavy atom. The first-order valence-electron chi connectivity index (χ1n) is 5.82. The van der Waals surface area contributed by atoms with Gasteiger partial charge in [-0.3, -0.25) is 9.48 Å². The van der Waals surface area contributed by atoms with Crippen molar-refractivity contribution in [3.8, 4) is 0 Å². The van der Waals surface area contributed by atoms with Gasteiger partial charge in [-0.15, -0.1) is 0 Å². The van der Waals surface area contributed by atoms with E-state index in [1.807, 2.05) is 13.2 Å². The molecule has 0 saturated heterocycles. The highest BCUT2D eigenvalue weighted by molar-refractivity contribution is 5.91. The molecule has 0 bridgehead atoms. The minimum Gasteiger partial charge on any atom is -0.348 e. The van der Waals surface area contributed by atoms with E-state index >= 15 is 0 Å². The van der Waals surface area contributed by atoms with Gasteiger partial charge in [0, 0.05) is 31.4 Å². The molecule has 0 aliphatic heterocycles. The quantitative estimate of drug-likeness (QED) is 0.852. The molecule has 2 rings (SSSR count). The van der Waals surface area contributed by atoms with Crippen LogP contribution in [0, 0.1) is 5.82 Å². The molecule has 4 nitrogen and oxygen atoms in total. The van der Waals surface area contributed by atoms with Crippen LogP contribution in [0.5, 0.6) is 0 Å². The zero-order valence-electron chi connectivity index (χ0n) is 10.5. The molecule has 0 spiro atoms. The van der Waals surface area contributed by atoms with Crippen LogP contribution in [-0.4, -0.2) is 15.7 Å². The monoisotopic (exact) mass is 259 g/mol. The van der Waals surface area contributed by atoms with Gasteiger partial charge in [0.05, 0.1) is 6.20 Å². The molecule has 0 radical (unpaired) electrons. The number of aryl methyl sites for hydroxylation is 1. The number of carbonyl (C=O) groups is 1. The maximum Gasteiger partial charge on any atom is 0.244 e. The van der Waals surface area contributed by atoms with E-state index in [0.717, 1.165) is 11.1 Å². The first kappa shape index (κ1) is 13.0. The Hall–Kier alpha value is -2.43. The van der Waals surface area contributed by atoms with Crippen LogP contribution < -0.4 is 5.32 Å². The zero-order valence-corrected chi connectivity index (χ0v) is 10.5. The summed E-state index contributed by atoms with van der Waals surface area (Å²) in [7, 11) is 1.81. The average molecular weight is 259 g/mol. The Bertz CT molecular complexity index is 587. The van der Waals surface area contributed by atoms with Crippen molar-refractivity contribution in [1.82, 2.24) is 15.1 Å². The molecular formula is C14H14FN3O. The average Bonchev–Trinajstić information content (AvgIpc) is 2.81. The van der Waals surface area contributed by atoms with E-state index in [2.05, 4.69) is 10.4 Å². The van der Waals surface area contributed by atoms with E-state index in [1.165, 1.54) is 18.2 Å². The molecule has 0 aliphatic rings. The van der Waals surface area contributed by atoms with Crippen molar-refractivity contribution in [3.05, 3.63) is 59.7 Å². The summed E-state index contributed by atoms with van der Waals surface area (Å²) in [6.45, 7) is 0.372. The number of aromatic nitrogens is 2. The number of benzene rings is 1. The molecule has 0 atom stereocenters. The second-order valence-corrected chi connectivity index (χ2v) is 4.12. The number of hydrogen-bond acceptors (Lipinski definition) is 2. The number of carbonyl (C=O) groups excluding carboxylic acids is 1. The molecule has 1 amide bonds. The fourth-order valence-corrected chi connectivity index (χ4v) is 1.55. The number of hydrogen-bond donors (Lipinski definition) is 1. The van der Waals surface area contributed by atoms with Crippen LogP contribution in [0.15, 0.2) is 42.7 Å². The SMILES string of the molecule is Cn1cc(/C=C/C(=O)NCc2ccc(F)cc2)cn1. The standard InChI is InChI=1S/C14H14FN3O/c1-18-10-12(9-17-18)4-7-14(19)16-8-11-2-5-13(15)6-3-11/h2-7,9-10H,8H2,1H3,(H,16,19)/b7-4+. The second-order valence-electron chi connectivity index (χ2n) is 4.12. The Kier molecular flexibility index (Phi) is 4.07. The van der Waals surface area contributed by atoms with Gasteiger partial charge >= 0.3 is 0 Å². The van der Waals surface area contributed by atoms with Crippen LogP contribution in [0.25, 0.3) is 6.08 Å². The molecule has 1 aromatic carbocycles. The highest BCUT2D eigenvalue weighted by Gasteiger charge is 1.98. The summed E-state index contributed by atoms with van der Waals surface area (Å²) in [5, 5.41) is 6.71. The van der Waals surface area contributed by atoms with Crippen molar-refractivity contribution >= 4 is 12.0 Å². The van der Waals surface area contributed by atoms with E-state index < -0.39 is 0 Å². The number of halogens is 1. The molecule has 0 unspecified atom stereocenters. The summed E-state index contributed by atoms with van der Waals surface area (Å²) in [5.74, 6) is -0.486. The molecule has 2 aromatic rings.